The molecule has 6 heteroatoms. The summed E-state index contributed by atoms with van der Waals surface area (Å²) in [6, 6.07) is 8.02. The van der Waals surface area contributed by atoms with Crippen LogP contribution in [0.15, 0.2) is 36.7 Å². The maximum Gasteiger partial charge on any atom is 0.329 e. The van der Waals surface area contributed by atoms with Gasteiger partial charge in [0, 0.05) is 5.56 Å². The lowest BCUT2D eigenvalue weighted by atomic mass is 10.1. The summed E-state index contributed by atoms with van der Waals surface area (Å²) in [5, 5.41) is 26.4. The number of carboxylic acid groups (broad SMARTS) is 1. The van der Waals surface area contributed by atoms with Crippen molar-refractivity contribution in [2.75, 3.05) is 0 Å². The average Bonchev–Trinajstić information content (AvgIpc) is 2.78. The standard InChI is InChI=1S/C12H13N3O3/c1-8(16)10(12(17)18)15-7-13-14-11(15)9-5-3-2-4-6-9/h2-8,10,16H,1H3,(H,17,18). The van der Waals surface area contributed by atoms with E-state index in [-0.39, 0.29) is 0 Å². The van der Waals surface area contributed by atoms with Gasteiger partial charge in [0.05, 0.1) is 6.10 Å². The maximum atomic E-state index is 11.2. The second kappa shape index (κ2) is 4.97. The number of aliphatic hydroxyl groups excluding tert-OH is 1. The Bertz CT molecular complexity index is 537. The van der Waals surface area contributed by atoms with E-state index in [2.05, 4.69) is 10.2 Å². The zero-order valence-corrected chi connectivity index (χ0v) is 9.76. The number of benzene rings is 1. The molecule has 0 fully saturated rings. The largest absolute Gasteiger partial charge is 0.480 e. The molecule has 0 amide bonds. The number of aromatic nitrogens is 3. The van der Waals surface area contributed by atoms with Gasteiger partial charge in [-0.1, -0.05) is 30.3 Å². The van der Waals surface area contributed by atoms with E-state index in [1.54, 1.807) is 0 Å². The van der Waals surface area contributed by atoms with E-state index in [0.717, 1.165) is 5.56 Å². The number of aliphatic hydroxyl groups is 1. The summed E-state index contributed by atoms with van der Waals surface area (Å²) in [4.78, 5) is 11.2. The topological polar surface area (TPSA) is 88.2 Å². The lowest BCUT2D eigenvalue weighted by Gasteiger charge is -2.18. The number of hydrogen-bond acceptors (Lipinski definition) is 4. The van der Waals surface area contributed by atoms with Crippen LogP contribution >= 0.6 is 0 Å². The molecule has 1 heterocycles. The number of hydrogen-bond donors (Lipinski definition) is 2. The summed E-state index contributed by atoms with van der Waals surface area (Å²) in [6.45, 7) is 1.42. The molecule has 2 rings (SSSR count). The molecule has 0 radical (unpaired) electrons. The van der Waals surface area contributed by atoms with Gasteiger partial charge in [-0.3, -0.25) is 4.57 Å². The van der Waals surface area contributed by atoms with Gasteiger partial charge in [0.2, 0.25) is 0 Å². The third kappa shape index (κ3) is 2.23. The Morgan fingerprint density at radius 2 is 2.00 bits per heavy atom. The molecule has 2 N–H and O–H groups in total. The van der Waals surface area contributed by atoms with Gasteiger partial charge in [-0.15, -0.1) is 10.2 Å². The summed E-state index contributed by atoms with van der Waals surface area (Å²) in [7, 11) is 0. The predicted molar refractivity (Wildman–Crippen MR) is 63.8 cm³/mol. The average molecular weight is 247 g/mol. The summed E-state index contributed by atoms with van der Waals surface area (Å²) in [5.41, 5.74) is 0.752. The molecule has 0 aliphatic carbocycles. The quantitative estimate of drug-likeness (QED) is 0.839. The molecule has 0 saturated heterocycles. The van der Waals surface area contributed by atoms with Gasteiger partial charge < -0.3 is 10.2 Å². The van der Waals surface area contributed by atoms with E-state index in [1.807, 2.05) is 30.3 Å². The van der Waals surface area contributed by atoms with Crippen molar-refractivity contribution in [3.05, 3.63) is 36.7 Å². The van der Waals surface area contributed by atoms with Crippen LogP contribution in [0.2, 0.25) is 0 Å². The first kappa shape index (κ1) is 12.3. The van der Waals surface area contributed by atoms with Gasteiger partial charge in [0.25, 0.3) is 0 Å². The highest BCUT2D eigenvalue weighted by Gasteiger charge is 2.27. The predicted octanol–water partition coefficient (Wildman–Crippen LogP) is 0.952. The Labute approximate surface area is 104 Å². The van der Waals surface area contributed by atoms with Crippen LogP contribution in [0.3, 0.4) is 0 Å². The number of carboxylic acids is 1. The Hall–Kier alpha value is -2.21. The van der Waals surface area contributed by atoms with E-state index in [1.165, 1.54) is 17.8 Å². The molecule has 2 atom stereocenters. The Kier molecular flexibility index (Phi) is 3.38. The second-order valence-corrected chi connectivity index (χ2v) is 3.95. The summed E-state index contributed by atoms with van der Waals surface area (Å²) in [6.07, 6.45) is 0.273. The van der Waals surface area contributed by atoms with Gasteiger partial charge in [-0.25, -0.2) is 4.79 Å². The summed E-state index contributed by atoms with van der Waals surface area (Å²) >= 11 is 0. The molecule has 0 spiro atoms. The smallest absolute Gasteiger partial charge is 0.329 e. The highest BCUT2D eigenvalue weighted by atomic mass is 16.4. The molecule has 0 saturated carbocycles. The van der Waals surface area contributed by atoms with Crippen molar-refractivity contribution >= 4 is 5.97 Å². The van der Waals surface area contributed by atoms with E-state index in [4.69, 9.17) is 5.11 Å². The Balaban J connectivity index is 2.47. The van der Waals surface area contributed by atoms with Crippen molar-refractivity contribution in [2.24, 2.45) is 0 Å². The van der Waals surface area contributed by atoms with Gasteiger partial charge >= 0.3 is 5.97 Å². The fraction of sp³-hybridized carbons (Fsp3) is 0.250. The van der Waals surface area contributed by atoms with Crippen molar-refractivity contribution in [3.8, 4) is 11.4 Å². The minimum absolute atomic E-state index is 0.420. The van der Waals surface area contributed by atoms with E-state index < -0.39 is 18.1 Å². The number of nitrogens with zero attached hydrogens (tertiary/aromatic N) is 3. The molecule has 6 nitrogen and oxygen atoms in total. The monoisotopic (exact) mass is 247 g/mol. The fourth-order valence-electron chi connectivity index (χ4n) is 1.80. The summed E-state index contributed by atoms with van der Waals surface area (Å²) < 4.78 is 1.36. The lowest BCUT2D eigenvalue weighted by Crippen LogP contribution is -2.29. The summed E-state index contributed by atoms with van der Waals surface area (Å²) in [5.74, 6) is -0.703. The second-order valence-electron chi connectivity index (χ2n) is 3.95. The van der Waals surface area contributed by atoms with E-state index in [9.17, 15) is 9.90 Å². The molecule has 0 aliphatic rings. The van der Waals surface area contributed by atoms with E-state index >= 15 is 0 Å². The van der Waals surface area contributed by atoms with Gasteiger partial charge in [-0.05, 0) is 6.92 Å². The van der Waals surface area contributed by atoms with Crippen LogP contribution in [-0.2, 0) is 4.79 Å². The Morgan fingerprint density at radius 3 is 2.56 bits per heavy atom. The fourth-order valence-corrected chi connectivity index (χ4v) is 1.80. The molecule has 2 unspecified atom stereocenters. The van der Waals surface area contributed by atoms with Crippen molar-refractivity contribution in [2.45, 2.75) is 19.1 Å². The molecular formula is C12H13N3O3. The SMILES string of the molecule is CC(O)C(C(=O)O)n1cnnc1-c1ccccc1. The first-order valence-corrected chi connectivity index (χ1v) is 5.47. The maximum absolute atomic E-state index is 11.2. The first-order chi connectivity index (χ1) is 8.61. The third-order valence-corrected chi connectivity index (χ3v) is 2.61. The van der Waals surface area contributed by atoms with Crippen molar-refractivity contribution in [1.82, 2.24) is 14.8 Å². The van der Waals surface area contributed by atoms with Crippen LogP contribution in [0.4, 0.5) is 0 Å². The minimum Gasteiger partial charge on any atom is -0.480 e. The van der Waals surface area contributed by atoms with Crippen LogP contribution in [0, 0.1) is 0 Å². The van der Waals surface area contributed by atoms with Crippen molar-refractivity contribution in [1.29, 1.82) is 0 Å². The van der Waals surface area contributed by atoms with Crippen LogP contribution in [0.25, 0.3) is 11.4 Å². The number of rotatable bonds is 4. The first-order valence-electron chi connectivity index (χ1n) is 5.47. The molecule has 2 aromatic rings. The van der Waals surface area contributed by atoms with E-state index in [0.29, 0.717) is 5.82 Å². The van der Waals surface area contributed by atoms with Crippen LogP contribution in [0.5, 0.6) is 0 Å². The normalized spacial score (nSPS) is 14.1. The Morgan fingerprint density at radius 1 is 1.33 bits per heavy atom. The molecule has 1 aromatic heterocycles. The minimum atomic E-state index is -1.12. The molecule has 18 heavy (non-hydrogen) atoms. The van der Waals surface area contributed by atoms with Crippen molar-refractivity contribution < 1.29 is 15.0 Å². The molecule has 1 aromatic carbocycles. The lowest BCUT2D eigenvalue weighted by molar-refractivity contribution is -0.144. The zero-order chi connectivity index (χ0) is 13.1. The van der Waals surface area contributed by atoms with Crippen molar-refractivity contribution in [3.63, 3.8) is 0 Å². The van der Waals surface area contributed by atoms with Gasteiger partial charge in [-0.2, -0.15) is 0 Å². The highest BCUT2D eigenvalue weighted by Crippen LogP contribution is 2.22. The number of aliphatic carboxylic acids is 1. The zero-order valence-electron chi connectivity index (χ0n) is 9.76. The van der Waals surface area contributed by atoms with Crippen LogP contribution in [0.1, 0.15) is 13.0 Å². The molecular weight excluding hydrogens is 234 g/mol. The highest BCUT2D eigenvalue weighted by molar-refractivity contribution is 5.73. The van der Waals surface area contributed by atoms with Gasteiger partial charge in [0.1, 0.15) is 6.33 Å². The van der Waals surface area contributed by atoms with Crippen LogP contribution < -0.4 is 0 Å². The van der Waals surface area contributed by atoms with Crippen LogP contribution in [-0.4, -0.2) is 37.1 Å². The molecule has 0 bridgehead atoms. The molecule has 94 valence electrons. The molecule has 0 aliphatic heterocycles. The third-order valence-electron chi connectivity index (χ3n) is 2.61. The van der Waals surface area contributed by atoms with Gasteiger partial charge in [0.15, 0.2) is 11.9 Å². The number of carbonyl (C=O) groups is 1.